The molecule has 15 heavy (non-hydrogen) atoms. The van der Waals surface area contributed by atoms with Crippen molar-refractivity contribution in [3.8, 4) is 0 Å². The number of rotatable bonds is 2. The van der Waals surface area contributed by atoms with Crippen LogP contribution in [0.15, 0.2) is 10.9 Å². The minimum atomic E-state index is 0.00435. The molecule has 0 fully saturated rings. The summed E-state index contributed by atoms with van der Waals surface area (Å²) in [6.07, 6.45) is 3.61. The van der Waals surface area contributed by atoms with Crippen molar-refractivity contribution in [2.45, 2.75) is 45.2 Å². The summed E-state index contributed by atoms with van der Waals surface area (Å²) in [4.78, 5) is 11.6. The first-order valence-electron chi connectivity index (χ1n) is 5.56. The van der Waals surface area contributed by atoms with Gasteiger partial charge < -0.3 is 5.73 Å². The molecule has 1 unspecified atom stereocenters. The average molecular weight is 207 g/mol. The van der Waals surface area contributed by atoms with Crippen molar-refractivity contribution in [3.63, 3.8) is 0 Å². The van der Waals surface area contributed by atoms with Crippen molar-refractivity contribution in [2.24, 2.45) is 5.73 Å². The van der Waals surface area contributed by atoms with Gasteiger partial charge in [-0.1, -0.05) is 6.92 Å². The second kappa shape index (κ2) is 4.14. The van der Waals surface area contributed by atoms with Crippen molar-refractivity contribution >= 4 is 0 Å². The number of nitrogens with zero attached hydrogens (tertiary/aromatic N) is 2. The van der Waals surface area contributed by atoms with E-state index in [4.69, 9.17) is 5.73 Å². The molecule has 0 aliphatic heterocycles. The summed E-state index contributed by atoms with van der Waals surface area (Å²) >= 11 is 0. The lowest BCUT2D eigenvalue weighted by Gasteiger charge is -2.20. The van der Waals surface area contributed by atoms with Crippen molar-refractivity contribution in [3.05, 3.63) is 27.7 Å². The lowest BCUT2D eigenvalue weighted by molar-refractivity contribution is 0.508. The number of nitrogens with two attached hydrogens (primary N) is 1. The van der Waals surface area contributed by atoms with Crippen LogP contribution in [0.2, 0.25) is 0 Å². The summed E-state index contributed by atoms with van der Waals surface area (Å²) in [6, 6.07) is 1.90. The quantitative estimate of drug-likeness (QED) is 0.766. The first kappa shape index (κ1) is 10.4. The molecule has 2 rings (SSSR count). The fraction of sp³-hybridized carbons (Fsp3) is 0.636. The SMILES string of the molecule is CCCn1nc2c(cc1=O)CC(N)CC2. The highest BCUT2D eigenvalue weighted by Gasteiger charge is 2.17. The Hall–Kier alpha value is -1.16. The van der Waals surface area contributed by atoms with E-state index in [0.717, 1.165) is 36.9 Å². The van der Waals surface area contributed by atoms with Crippen LogP contribution in [0, 0.1) is 0 Å². The monoisotopic (exact) mass is 207 g/mol. The van der Waals surface area contributed by atoms with Crippen LogP contribution in [0.3, 0.4) is 0 Å². The topological polar surface area (TPSA) is 60.9 Å². The normalized spacial score (nSPS) is 20.0. The van der Waals surface area contributed by atoms with Gasteiger partial charge in [-0.2, -0.15) is 5.10 Å². The van der Waals surface area contributed by atoms with E-state index in [2.05, 4.69) is 5.10 Å². The fourth-order valence-corrected chi connectivity index (χ4v) is 2.03. The smallest absolute Gasteiger partial charge is 0.267 e. The number of fused-ring (bicyclic) bond motifs is 1. The number of aryl methyl sites for hydroxylation is 2. The second-order valence-electron chi connectivity index (χ2n) is 4.18. The molecule has 1 aromatic rings. The fourth-order valence-electron chi connectivity index (χ4n) is 2.03. The molecule has 1 heterocycles. The maximum Gasteiger partial charge on any atom is 0.267 e. The molecule has 82 valence electrons. The van der Waals surface area contributed by atoms with Gasteiger partial charge in [-0.25, -0.2) is 4.68 Å². The molecule has 0 spiro atoms. The van der Waals surface area contributed by atoms with Gasteiger partial charge in [0.05, 0.1) is 5.69 Å². The average Bonchev–Trinajstić information content (AvgIpc) is 2.20. The first-order chi connectivity index (χ1) is 7.20. The van der Waals surface area contributed by atoms with Gasteiger partial charge in [-0.05, 0) is 31.2 Å². The molecule has 0 bridgehead atoms. The van der Waals surface area contributed by atoms with Crippen molar-refractivity contribution in [1.82, 2.24) is 9.78 Å². The van der Waals surface area contributed by atoms with Gasteiger partial charge >= 0.3 is 0 Å². The summed E-state index contributed by atoms with van der Waals surface area (Å²) < 4.78 is 1.57. The lowest BCUT2D eigenvalue weighted by Crippen LogP contribution is -2.33. The van der Waals surface area contributed by atoms with Gasteiger partial charge in [0.15, 0.2) is 0 Å². The Bertz CT molecular complexity index is 411. The highest BCUT2D eigenvalue weighted by Crippen LogP contribution is 2.16. The Morgan fingerprint density at radius 1 is 1.67 bits per heavy atom. The van der Waals surface area contributed by atoms with Crippen LogP contribution in [-0.4, -0.2) is 15.8 Å². The molecule has 4 nitrogen and oxygen atoms in total. The van der Waals surface area contributed by atoms with Crippen molar-refractivity contribution in [2.75, 3.05) is 0 Å². The van der Waals surface area contributed by atoms with Crippen LogP contribution < -0.4 is 11.3 Å². The largest absolute Gasteiger partial charge is 0.327 e. The highest BCUT2D eigenvalue weighted by atomic mass is 16.1. The summed E-state index contributed by atoms with van der Waals surface area (Å²) in [6.45, 7) is 2.75. The second-order valence-corrected chi connectivity index (χ2v) is 4.18. The zero-order valence-corrected chi connectivity index (χ0v) is 9.07. The minimum absolute atomic E-state index is 0.00435. The first-order valence-corrected chi connectivity index (χ1v) is 5.56. The van der Waals surface area contributed by atoms with Crippen molar-refractivity contribution < 1.29 is 0 Å². The van der Waals surface area contributed by atoms with E-state index in [1.165, 1.54) is 0 Å². The van der Waals surface area contributed by atoms with Gasteiger partial charge in [0.1, 0.15) is 0 Å². The van der Waals surface area contributed by atoms with Crippen molar-refractivity contribution in [1.29, 1.82) is 0 Å². The molecule has 1 aromatic heterocycles. The third-order valence-electron chi connectivity index (χ3n) is 2.83. The zero-order chi connectivity index (χ0) is 10.8. The number of aromatic nitrogens is 2. The molecule has 1 atom stereocenters. The summed E-state index contributed by atoms with van der Waals surface area (Å²) in [7, 11) is 0. The summed E-state index contributed by atoms with van der Waals surface area (Å²) in [5.74, 6) is 0. The number of hydrogen-bond acceptors (Lipinski definition) is 3. The molecule has 0 amide bonds. The van der Waals surface area contributed by atoms with Crippen LogP contribution in [0.1, 0.15) is 31.0 Å². The van der Waals surface area contributed by atoms with Gasteiger partial charge in [-0.15, -0.1) is 0 Å². The number of hydrogen-bond donors (Lipinski definition) is 1. The molecule has 0 saturated heterocycles. The molecule has 0 aromatic carbocycles. The zero-order valence-electron chi connectivity index (χ0n) is 9.07. The Balaban J connectivity index is 2.37. The van der Waals surface area contributed by atoms with Crippen LogP contribution in [0.25, 0.3) is 0 Å². The van der Waals surface area contributed by atoms with Crippen LogP contribution in [0.4, 0.5) is 0 Å². The molecule has 1 aliphatic carbocycles. The predicted molar refractivity (Wildman–Crippen MR) is 58.8 cm³/mol. The van der Waals surface area contributed by atoms with E-state index in [1.54, 1.807) is 10.7 Å². The van der Waals surface area contributed by atoms with Crippen LogP contribution in [0.5, 0.6) is 0 Å². The molecule has 0 radical (unpaired) electrons. The van der Waals surface area contributed by atoms with E-state index in [0.29, 0.717) is 6.54 Å². The maximum atomic E-state index is 11.6. The minimum Gasteiger partial charge on any atom is -0.327 e. The molecule has 2 N–H and O–H groups in total. The molecule has 1 aliphatic rings. The van der Waals surface area contributed by atoms with E-state index in [9.17, 15) is 4.79 Å². The Morgan fingerprint density at radius 3 is 3.20 bits per heavy atom. The Morgan fingerprint density at radius 2 is 2.47 bits per heavy atom. The van der Waals surface area contributed by atoms with E-state index in [1.807, 2.05) is 6.92 Å². The Labute approximate surface area is 89.1 Å². The van der Waals surface area contributed by atoms with E-state index >= 15 is 0 Å². The van der Waals surface area contributed by atoms with Crippen LogP contribution in [-0.2, 0) is 19.4 Å². The van der Waals surface area contributed by atoms with E-state index in [-0.39, 0.29) is 11.6 Å². The van der Waals surface area contributed by atoms with Gasteiger partial charge in [0.25, 0.3) is 5.56 Å². The molecule has 4 heteroatoms. The van der Waals surface area contributed by atoms with E-state index < -0.39 is 0 Å². The summed E-state index contributed by atoms with van der Waals surface area (Å²) in [5, 5.41) is 4.39. The van der Waals surface area contributed by atoms with Gasteiger partial charge in [0.2, 0.25) is 0 Å². The molecular weight excluding hydrogens is 190 g/mol. The summed E-state index contributed by atoms with van der Waals surface area (Å²) in [5.41, 5.74) is 7.97. The lowest BCUT2D eigenvalue weighted by atomic mass is 9.93. The molecular formula is C11H17N3O. The predicted octanol–water partition coefficient (Wildman–Crippen LogP) is 0.469. The van der Waals surface area contributed by atoms with Gasteiger partial charge in [0, 0.05) is 18.7 Å². The molecule has 0 saturated carbocycles. The van der Waals surface area contributed by atoms with Gasteiger partial charge in [-0.3, -0.25) is 4.79 Å². The standard InChI is InChI=1S/C11H17N3O/c1-2-5-14-11(15)7-8-6-9(12)3-4-10(8)13-14/h7,9H,2-6,12H2,1H3. The third-order valence-corrected chi connectivity index (χ3v) is 2.83. The van der Waals surface area contributed by atoms with Crippen LogP contribution >= 0.6 is 0 Å². The maximum absolute atomic E-state index is 11.6. The highest BCUT2D eigenvalue weighted by molar-refractivity contribution is 5.22. The third kappa shape index (κ3) is 2.09. The Kier molecular flexibility index (Phi) is 2.86.